The number of hydrogen-bond donors (Lipinski definition) is 1. The second-order valence-electron chi connectivity index (χ2n) is 6.87. The molecule has 0 radical (unpaired) electrons. The van der Waals surface area contributed by atoms with E-state index in [4.69, 9.17) is 0 Å². The summed E-state index contributed by atoms with van der Waals surface area (Å²) in [5, 5.41) is 2.91. The minimum Gasteiger partial charge on any atom is -0.348 e. The second-order valence-corrected chi connectivity index (χ2v) is 9.02. The van der Waals surface area contributed by atoms with Crippen LogP contribution in [0.5, 0.6) is 0 Å². The van der Waals surface area contributed by atoms with Crippen LogP contribution in [0.1, 0.15) is 35.3 Å². The first-order chi connectivity index (χ1) is 12.2. The Kier molecular flexibility index (Phi) is 6.56. The lowest BCUT2D eigenvalue weighted by Gasteiger charge is -2.13. The van der Waals surface area contributed by atoms with Gasteiger partial charge in [0.25, 0.3) is 5.91 Å². The van der Waals surface area contributed by atoms with Crippen LogP contribution in [-0.4, -0.2) is 32.7 Å². The highest BCUT2D eigenvalue weighted by molar-refractivity contribution is 7.89. The van der Waals surface area contributed by atoms with Crippen LogP contribution in [0.4, 0.5) is 0 Å². The molecule has 0 aliphatic heterocycles. The number of nitrogens with zero attached hydrogens (tertiary/aromatic N) is 1. The monoisotopic (exact) mass is 374 g/mol. The van der Waals surface area contributed by atoms with E-state index in [0.717, 1.165) is 17.5 Å². The Morgan fingerprint density at radius 1 is 1.04 bits per heavy atom. The SMILES string of the molecule is CC(C)Cc1ccccc1C(=O)NCc1ccc(S(=O)(=O)N(C)C)cc1. The molecular weight excluding hydrogens is 348 g/mol. The second kappa shape index (κ2) is 8.47. The van der Waals surface area contributed by atoms with E-state index in [1.165, 1.54) is 18.4 Å². The van der Waals surface area contributed by atoms with Crippen LogP contribution in [0.25, 0.3) is 0 Å². The van der Waals surface area contributed by atoms with Gasteiger partial charge in [0.05, 0.1) is 4.90 Å². The van der Waals surface area contributed by atoms with E-state index in [1.54, 1.807) is 24.3 Å². The van der Waals surface area contributed by atoms with Crippen LogP contribution in [0.2, 0.25) is 0 Å². The van der Waals surface area contributed by atoms with Crippen molar-refractivity contribution in [2.75, 3.05) is 14.1 Å². The zero-order valence-electron chi connectivity index (χ0n) is 15.7. The number of carbonyl (C=O) groups excluding carboxylic acids is 1. The average molecular weight is 375 g/mol. The van der Waals surface area contributed by atoms with Crippen molar-refractivity contribution in [3.8, 4) is 0 Å². The minimum atomic E-state index is -3.44. The molecule has 1 amide bonds. The van der Waals surface area contributed by atoms with E-state index in [1.807, 2.05) is 24.3 Å². The van der Waals surface area contributed by atoms with Crippen molar-refractivity contribution in [3.05, 3.63) is 65.2 Å². The Balaban J connectivity index is 2.07. The molecule has 0 heterocycles. The van der Waals surface area contributed by atoms with E-state index in [-0.39, 0.29) is 10.8 Å². The molecule has 2 aromatic carbocycles. The van der Waals surface area contributed by atoms with Crippen LogP contribution >= 0.6 is 0 Å². The largest absolute Gasteiger partial charge is 0.348 e. The first kappa shape index (κ1) is 20.1. The molecule has 0 aliphatic carbocycles. The van der Waals surface area contributed by atoms with E-state index < -0.39 is 10.0 Å². The molecule has 6 heteroatoms. The summed E-state index contributed by atoms with van der Waals surface area (Å²) in [5.41, 5.74) is 2.57. The fourth-order valence-corrected chi connectivity index (χ4v) is 3.53. The summed E-state index contributed by atoms with van der Waals surface area (Å²) in [5.74, 6) is 0.348. The van der Waals surface area contributed by atoms with Gasteiger partial charge in [-0.15, -0.1) is 0 Å². The van der Waals surface area contributed by atoms with Gasteiger partial charge in [-0.25, -0.2) is 12.7 Å². The van der Waals surface area contributed by atoms with E-state index in [0.29, 0.717) is 18.0 Å². The maximum absolute atomic E-state index is 12.5. The van der Waals surface area contributed by atoms with Crippen LogP contribution in [-0.2, 0) is 23.0 Å². The molecular formula is C20H26N2O3S. The Labute approximate surface area is 156 Å². The molecule has 26 heavy (non-hydrogen) atoms. The van der Waals surface area contributed by atoms with Gasteiger partial charge >= 0.3 is 0 Å². The summed E-state index contributed by atoms with van der Waals surface area (Å²) in [6.07, 6.45) is 0.848. The molecule has 0 aliphatic rings. The van der Waals surface area contributed by atoms with Crippen molar-refractivity contribution in [1.82, 2.24) is 9.62 Å². The Hall–Kier alpha value is -2.18. The molecule has 0 unspecified atom stereocenters. The number of nitrogens with one attached hydrogen (secondary N) is 1. The molecule has 0 aromatic heterocycles. The van der Waals surface area contributed by atoms with Crippen molar-refractivity contribution in [3.63, 3.8) is 0 Å². The van der Waals surface area contributed by atoms with Gasteiger partial charge in [0.15, 0.2) is 0 Å². The summed E-state index contributed by atoms with van der Waals surface area (Å²) in [4.78, 5) is 12.8. The van der Waals surface area contributed by atoms with Crippen molar-refractivity contribution >= 4 is 15.9 Å². The number of benzene rings is 2. The third-order valence-electron chi connectivity index (χ3n) is 4.05. The van der Waals surface area contributed by atoms with Gasteiger partial charge < -0.3 is 5.32 Å². The van der Waals surface area contributed by atoms with Crippen molar-refractivity contribution in [2.24, 2.45) is 5.92 Å². The highest BCUT2D eigenvalue weighted by Gasteiger charge is 2.17. The molecule has 1 N–H and O–H groups in total. The van der Waals surface area contributed by atoms with Crippen molar-refractivity contribution in [1.29, 1.82) is 0 Å². The molecule has 0 bridgehead atoms. The lowest BCUT2D eigenvalue weighted by Crippen LogP contribution is -2.24. The van der Waals surface area contributed by atoms with Crippen LogP contribution < -0.4 is 5.32 Å². The number of sulfonamides is 1. The normalized spacial score (nSPS) is 11.8. The third kappa shape index (κ3) is 4.93. The fraction of sp³-hybridized carbons (Fsp3) is 0.350. The summed E-state index contributed by atoms with van der Waals surface area (Å²) >= 11 is 0. The fourth-order valence-electron chi connectivity index (χ4n) is 2.63. The molecule has 0 fully saturated rings. The first-order valence-electron chi connectivity index (χ1n) is 8.59. The number of amides is 1. The summed E-state index contributed by atoms with van der Waals surface area (Å²) < 4.78 is 25.3. The zero-order valence-corrected chi connectivity index (χ0v) is 16.5. The standard InChI is InChI=1S/C20H26N2O3S/c1-15(2)13-17-7-5-6-8-19(17)20(23)21-14-16-9-11-18(12-10-16)26(24,25)22(3)4/h5-12,15H,13-14H2,1-4H3,(H,21,23). The van der Waals surface area contributed by atoms with Crippen LogP contribution in [0.15, 0.2) is 53.4 Å². The average Bonchev–Trinajstić information content (AvgIpc) is 2.60. The Morgan fingerprint density at radius 3 is 2.23 bits per heavy atom. The Morgan fingerprint density at radius 2 is 1.65 bits per heavy atom. The lowest BCUT2D eigenvalue weighted by molar-refractivity contribution is 0.0950. The van der Waals surface area contributed by atoms with Gasteiger partial charge in [0.2, 0.25) is 10.0 Å². The van der Waals surface area contributed by atoms with Gasteiger partial charge in [0, 0.05) is 26.2 Å². The van der Waals surface area contributed by atoms with Gasteiger partial charge in [-0.05, 0) is 41.7 Å². The highest BCUT2D eigenvalue weighted by Crippen LogP contribution is 2.16. The molecule has 2 aromatic rings. The van der Waals surface area contributed by atoms with Gasteiger partial charge in [-0.3, -0.25) is 4.79 Å². The molecule has 0 saturated heterocycles. The Bertz CT molecular complexity index is 857. The van der Waals surface area contributed by atoms with Crippen molar-refractivity contribution in [2.45, 2.75) is 31.7 Å². The van der Waals surface area contributed by atoms with Gasteiger partial charge in [-0.2, -0.15) is 0 Å². The van der Waals surface area contributed by atoms with Crippen molar-refractivity contribution < 1.29 is 13.2 Å². The summed E-state index contributed by atoms with van der Waals surface area (Å²) in [6, 6.07) is 14.2. The highest BCUT2D eigenvalue weighted by atomic mass is 32.2. The predicted octanol–water partition coefficient (Wildman–Crippen LogP) is 3.07. The predicted molar refractivity (Wildman–Crippen MR) is 103 cm³/mol. The van der Waals surface area contributed by atoms with Gasteiger partial charge in [0.1, 0.15) is 0 Å². The quantitative estimate of drug-likeness (QED) is 0.810. The first-order valence-corrected chi connectivity index (χ1v) is 10.0. The molecule has 2 rings (SSSR count). The number of hydrogen-bond acceptors (Lipinski definition) is 3. The zero-order chi connectivity index (χ0) is 19.3. The molecule has 0 saturated carbocycles. The third-order valence-corrected chi connectivity index (χ3v) is 5.87. The maximum Gasteiger partial charge on any atom is 0.251 e. The number of carbonyl (C=O) groups is 1. The van der Waals surface area contributed by atoms with E-state index in [2.05, 4.69) is 19.2 Å². The maximum atomic E-state index is 12.5. The van der Waals surface area contributed by atoms with Crippen LogP contribution in [0, 0.1) is 5.92 Å². The molecule has 5 nitrogen and oxygen atoms in total. The topological polar surface area (TPSA) is 66.5 Å². The smallest absolute Gasteiger partial charge is 0.251 e. The molecule has 0 spiro atoms. The van der Waals surface area contributed by atoms with E-state index >= 15 is 0 Å². The minimum absolute atomic E-state index is 0.119. The number of rotatable bonds is 7. The summed E-state index contributed by atoms with van der Waals surface area (Å²) in [6.45, 7) is 4.59. The lowest BCUT2D eigenvalue weighted by atomic mass is 9.97. The van der Waals surface area contributed by atoms with Gasteiger partial charge in [-0.1, -0.05) is 44.2 Å². The molecule has 140 valence electrons. The summed E-state index contributed by atoms with van der Waals surface area (Å²) in [7, 11) is -0.443. The van der Waals surface area contributed by atoms with Crippen LogP contribution in [0.3, 0.4) is 0 Å². The molecule has 0 atom stereocenters. The van der Waals surface area contributed by atoms with E-state index in [9.17, 15) is 13.2 Å².